The second-order valence-electron chi connectivity index (χ2n) is 3.93. The lowest BCUT2D eigenvalue weighted by molar-refractivity contribution is 1.17. The predicted molar refractivity (Wildman–Crippen MR) is 63.1 cm³/mol. The first-order valence-electron chi connectivity index (χ1n) is 5.10. The van der Waals surface area contributed by atoms with Gasteiger partial charge in [-0.1, -0.05) is 18.2 Å². The fraction of sp³-hybridized carbons (Fsp3) is 0.154. The van der Waals surface area contributed by atoms with Crippen LogP contribution in [0.5, 0.6) is 0 Å². The highest BCUT2D eigenvalue weighted by Crippen LogP contribution is 2.28. The molecule has 0 radical (unpaired) electrons. The number of nitrogens with one attached hydrogen (secondary N) is 1. The molecule has 15 heavy (non-hydrogen) atoms. The number of para-hydroxylation sites is 1. The second-order valence-corrected chi connectivity index (χ2v) is 3.93. The average molecular weight is 196 g/mol. The maximum Gasteiger partial charge on any atom is 0.0654 e. The molecule has 1 N–H and O–H groups in total. The Morgan fingerprint density at radius 3 is 2.73 bits per heavy atom. The zero-order valence-corrected chi connectivity index (χ0v) is 8.83. The van der Waals surface area contributed by atoms with E-state index in [0.717, 1.165) is 11.2 Å². The largest absolute Gasteiger partial charge is 0.353 e. The van der Waals surface area contributed by atoms with Gasteiger partial charge in [-0.2, -0.15) is 0 Å². The summed E-state index contributed by atoms with van der Waals surface area (Å²) in [5.41, 5.74) is 4.68. The van der Waals surface area contributed by atoms with Crippen molar-refractivity contribution in [1.29, 1.82) is 0 Å². The summed E-state index contributed by atoms with van der Waals surface area (Å²) < 4.78 is 0. The van der Waals surface area contributed by atoms with Gasteiger partial charge in [0.15, 0.2) is 0 Å². The Bertz CT molecular complexity index is 650. The van der Waals surface area contributed by atoms with Crippen LogP contribution in [0.25, 0.3) is 21.8 Å². The molecule has 74 valence electrons. The number of nitrogens with zero attached hydrogens (tertiary/aromatic N) is 1. The second kappa shape index (κ2) is 2.83. The number of aromatic amines is 1. The summed E-state index contributed by atoms with van der Waals surface area (Å²) in [5.74, 6) is 0. The van der Waals surface area contributed by atoms with Crippen LogP contribution in [-0.4, -0.2) is 9.97 Å². The minimum Gasteiger partial charge on any atom is -0.353 e. The van der Waals surface area contributed by atoms with E-state index in [-0.39, 0.29) is 0 Å². The maximum absolute atomic E-state index is 4.37. The molecule has 3 aromatic rings. The molecule has 3 rings (SSSR count). The third kappa shape index (κ3) is 1.08. The van der Waals surface area contributed by atoms with E-state index in [1.807, 2.05) is 12.3 Å². The van der Waals surface area contributed by atoms with Crippen molar-refractivity contribution in [2.24, 2.45) is 0 Å². The van der Waals surface area contributed by atoms with Gasteiger partial charge in [0, 0.05) is 22.0 Å². The third-order valence-electron chi connectivity index (χ3n) is 3.04. The van der Waals surface area contributed by atoms with Crippen molar-refractivity contribution in [1.82, 2.24) is 9.97 Å². The van der Waals surface area contributed by atoms with Crippen LogP contribution in [0, 0.1) is 13.8 Å². The summed E-state index contributed by atoms with van der Waals surface area (Å²) in [6.45, 7) is 4.18. The summed E-state index contributed by atoms with van der Waals surface area (Å²) in [4.78, 5) is 7.75. The van der Waals surface area contributed by atoms with E-state index in [4.69, 9.17) is 0 Å². The number of pyridine rings is 1. The highest BCUT2D eigenvalue weighted by molar-refractivity contribution is 6.08. The molecule has 0 saturated carbocycles. The summed E-state index contributed by atoms with van der Waals surface area (Å²) in [7, 11) is 0. The molecule has 0 spiro atoms. The molecular weight excluding hydrogens is 184 g/mol. The molecule has 2 nitrogen and oxygen atoms in total. The van der Waals surface area contributed by atoms with E-state index in [1.165, 1.54) is 21.9 Å². The molecule has 0 bridgehead atoms. The van der Waals surface area contributed by atoms with Crippen molar-refractivity contribution in [2.75, 3.05) is 0 Å². The number of hydrogen-bond donors (Lipinski definition) is 1. The van der Waals surface area contributed by atoms with Gasteiger partial charge >= 0.3 is 0 Å². The minimum absolute atomic E-state index is 1.10. The number of aromatic nitrogens is 2. The van der Waals surface area contributed by atoms with Crippen LogP contribution < -0.4 is 0 Å². The molecule has 1 aromatic carbocycles. The van der Waals surface area contributed by atoms with Crippen LogP contribution in [0.3, 0.4) is 0 Å². The van der Waals surface area contributed by atoms with Crippen LogP contribution in [0.2, 0.25) is 0 Å². The predicted octanol–water partition coefficient (Wildman–Crippen LogP) is 3.33. The molecule has 0 saturated heterocycles. The normalized spacial score (nSPS) is 11.3. The third-order valence-corrected chi connectivity index (χ3v) is 3.04. The highest BCUT2D eigenvalue weighted by Gasteiger charge is 2.07. The molecule has 0 unspecified atom stereocenters. The fourth-order valence-electron chi connectivity index (χ4n) is 2.10. The van der Waals surface area contributed by atoms with Crippen molar-refractivity contribution in [3.63, 3.8) is 0 Å². The van der Waals surface area contributed by atoms with Crippen LogP contribution in [-0.2, 0) is 0 Å². The summed E-state index contributed by atoms with van der Waals surface area (Å²) >= 11 is 0. The van der Waals surface area contributed by atoms with Crippen molar-refractivity contribution < 1.29 is 0 Å². The molecule has 0 atom stereocenters. The van der Waals surface area contributed by atoms with E-state index in [0.29, 0.717) is 0 Å². The van der Waals surface area contributed by atoms with Gasteiger partial charge < -0.3 is 4.98 Å². The summed E-state index contributed by atoms with van der Waals surface area (Å²) in [5, 5.41) is 2.59. The van der Waals surface area contributed by atoms with Crippen LogP contribution in [0.15, 0.2) is 30.5 Å². The van der Waals surface area contributed by atoms with E-state index in [2.05, 4.69) is 42.0 Å². The first kappa shape index (κ1) is 8.48. The van der Waals surface area contributed by atoms with E-state index in [1.54, 1.807) is 0 Å². The average Bonchev–Trinajstić information content (AvgIpc) is 2.62. The number of benzene rings is 1. The first-order chi connectivity index (χ1) is 7.27. The van der Waals surface area contributed by atoms with Gasteiger partial charge in [-0.3, -0.25) is 4.98 Å². The first-order valence-corrected chi connectivity index (χ1v) is 5.10. The standard InChI is InChI=1S/C13H12N2/c1-8-9(2)14-7-12-13(8)10-5-3-4-6-11(10)15-12/h3-7,15H,1-2H3. The molecule has 0 aliphatic heterocycles. The Morgan fingerprint density at radius 1 is 1.07 bits per heavy atom. The Balaban J connectivity index is 2.63. The SMILES string of the molecule is Cc1ncc2[nH]c3ccccc3c2c1C. The van der Waals surface area contributed by atoms with E-state index < -0.39 is 0 Å². The lowest BCUT2D eigenvalue weighted by Crippen LogP contribution is -1.86. The van der Waals surface area contributed by atoms with Crippen molar-refractivity contribution in [2.45, 2.75) is 13.8 Å². The number of H-pyrrole nitrogens is 1. The molecule has 0 aliphatic carbocycles. The number of fused-ring (bicyclic) bond motifs is 3. The highest BCUT2D eigenvalue weighted by atomic mass is 14.8. The number of rotatable bonds is 0. The Kier molecular flexibility index (Phi) is 1.60. The van der Waals surface area contributed by atoms with Gasteiger partial charge in [0.05, 0.1) is 11.7 Å². The van der Waals surface area contributed by atoms with Crippen molar-refractivity contribution in [3.05, 3.63) is 41.7 Å². The fourth-order valence-corrected chi connectivity index (χ4v) is 2.10. The van der Waals surface area contributed by atoms with Gasteiger partial charge in [0.2, 0.25) is 0 Å². The van der Waals surface area contributed by atoms with Crippen LogP contribution in [0.1, 0.15) is 11.3 Å². The molecule has 2 heteroatoms. The summed E-state index contributed by atoms with van der Waals surface area (Å²) in [6.07, 6.45) is 1.91. The zero-order valence-electron chi connectivity index (χ0n) is 8.83. The van der Waals surface area contributed by atoms with E-state index in [9.17, 15) is 0 Å². The Labute approximate surface area is 88.0 Å². The van der Waals surface area contributed by atoms with Gasteiger partial charge in [-0.05, 0) is 25.5 Å². The molecule has 0 aliphatic rings. The Morgan fingerprint density at radius 2 is 1.87 bits per heavy atom. The monoisotopic (exact) mass is 196 g/mol. The molecule has 2 heterocycles. The topological polar surface area (TPSA) is 28.7 Å². The zero-order chi connectivity index (χ0) is 10.4. The minimum atomic E-state index is 1.10. The van der Waals surface area contributed by atoms with Crippen molar-refractivity contribution in [3.8, 4) is 0 Å². The van der Waals surface area contributed by atoms with Gasteiger partial charge in [0.1, 0.15) is 0 Å². The lowest BCUT2D eigenvalue weighted by atomic mass is 10.1. The maximum atomic E-state index is 4.37. The summed E-state index contributed by atoms with van der Waals surface area (Å²) in [6, 6.07) is 8.38. The quantitative estimate of drug-likeness (QED) is 0.587. The molecular formula is C13H12N2. The molecule has 2 aromatic heterocycles. The molecule has 0 amide bonds. The number of aryl methyl sites for hydroxylation is 2. The lowest BCUT2D eigenvalue weighted by Gasteiger charge is -2.00. The smallest absolute Gasteiger partial charge is 0.0654 e. The van der Waals surface area contributed by atoms with Crippen LogP contribution >= 0.6 is 0 Å². The van der Waals surface area contributed by atoms with Gasteiger partial charge in [-0.25, -0.2) is 0 Å². The number of hydrogen-bond acceptors (Lipinski definition) is 1. The molecule has 0 fully saturated rings. The van der Waals surface area contributed by atoms with Gasteiger partial charge in [-0.15, -0.1) is 0 Å². The van der Waals surface area contributed by atoms with E-state index >= 15 is 0 Å². The van der Waals surface area contributed by atoms with Crippen molar-refractivity contribution >= 4 is 21.8 Å². The van der Waals surface area contributed by atoms with Gasteiger partial charge in [0.25, 0.3) is 0 Å². The van der Waals surface area contributed by atoms with Crippen LogP contribution in [0.4, 0.5) is 0 Å². The Hall–Kier alpha value is -1.83.